The molecule has 1 atom stereocenters. The Kier molecular flexibility index (Phi) is 8.79. The normalized spacial score (nSPS) is 15.0. The second-order valence-corrected chi connectivity index (χ2v) is 11.8. The van der Waals surface area contributed by atoms with Crippen LogP contribution < -0.4 is 19.6 Å². The highest BCUT2D eigenvalue weighted by Crippen LogP contribution is 2.32. The van der Waals surface area contributed by atoms with E-state index >= 15 is 0 Å². The van der Waals surface area contributed by atoms with Gasteiger partial charge in [0.2, 0.25) is 0 Å². The lowest BCUT2D eigenvalue weighted by molar-refractivity contribution is -0.139. The maximum absolute atomic E-state index is 14.3. The van der Waals surface area contributed by atoms with E-state index in [-0.39, 0.29) is 34.9 Å². The average molecular weight is 676 g/mol. The molecule has 11 heteroatoms. The maximum atomic E-state index is 14.3. The van der Waals surface area contributed by atoms with Gasteiger partial charge in [0, 0.05) is 20.6 Å². The van der Waals surface area contributed by atoms with Crippen molar-refractivity contribution in [1.82, 2.24) is 4.57 Å². The molecule has 1 unspecified atom stereocenters. The molecule has 0 saturated heterocycles. The second-order valence-electron chi connectivity index (χ2n) is 9.02. The van der Waals surface area contributed by atoms with Gasteiger partial charge in [0.15, 0.2) is 4.80 Å². The molecule has 0 amide bonds. The number of allylic oxidation sites excluding steroid dienone is 1. The molecule has 0 saturated carbocycles. The standard InChI is InChI=1S/C30H22BrCl2FN2O4S/c1-3-39-29(38)26-16(2)35-30-36(27(26)17-7-10-20(32)11-8-17)28(37)25(41-30)14-18-13-19(31)9-12-24(18)40-15-21-22(33)5-4-6-23(21)34/h4-14,27H,3,15H2,1-2H3/b25-14-. The SMILES string of the molecule is CCOC(=O)C1=C(C)N=c2s/c(=C\c3cc(Br)ccc3OCc3c(F)cccc3Cl)c(=O)n2C1c1ccc(Cl)cc1. The topological polar surface area (TPSA) is 69.9 Å². The number of carbonyl (C=O) groups excluding carboxylic acids is 1. The van der Waals surface area contributed by atoms with Crippen LogP contribution in [0, 0.1) is 5.82 Å². The molecule has 1 aliphatic rings. The van der Waals surface area contributed by atoms with Crippen LogP contribution in [-0.4, -0.2) is 17.1 Å². The van der Waals surface area contributed by atoms with Crippen LogP contribution in [0.2, 0.25) is 10.0 Å². The molecule has 4 aromatic rings. The molecule has 3 aromatic carbocycles. The monoisotopic (exact) mass is 674 g/mol. The summed E-state index contributed by atoms with van der Waals surface area (Å²) in [5.41, 5.74) is 1.90. The van der Waals surface area contributed by atoms with Gasteiger partial charge in [-0.15, -0.1) is 0 Å². The number of halogens is 4. The predicted molar refractivity (Wildman–Crippen MR) is 162 cm³/mol. The van der Waals surface area contributed by atoms with E-state index in [1.165, 1.54) is 28.0 Å². The van der Waals surface area contributed by atoms with Gasteiger partial charge in [-0.1, -0.05) is 68.7 Å². The number of aromatic nitrogens is 1. The van der Waals surface area contributed by atoms with E-state index < -0.39 is 17.8 Å². The van der Waals surface area contributed by atoms with Crippen molar-refractivity contribution in [3.8, 4) is 5.75 Å². The number of benzene rings is 3. The summed E-state index contributed by atoms with van der Waals surface area (Å²) in [6.45, 7) is 3.52. The van der Waals surface area contributed by atoms with Crippen LogP contribution in [0.3, 0.4) is 0 Å². The lowest BCUT2D eigenvalue weighted by Crippen LogP contribution is -2.39. The summed E-state index contributed by atoms with van der Waals surface area (Å²) in [5, 5.41) is 0.783. The minimum Gasteiger partial charge on any atom is -0.488 e. The van der Waals surface area contributed by atoms with Crippen LogP contribution in [0.25, 0.3) is 6.08 Å². The largest absolute Gasteiger partial charge is 0.488 e. The van der Waals surface area contributed by atoms with Crippen molar-refractivity contribution in [1.29, 1.82) is 0 Å². The molecule has 6 nitrogen and oxygen atoms in total. The Balaban J connectivity index is 1.62. The third-order valence-electron chi connectivity index (χ3n) is 6.39. The summed E-state index contributed by atoms with van der Waals surface area (Å²) in [6, 6.07) is 15.9. The highest BCUT2D eigenvalue weighted by Gasteiger charge is 2.33. The first-order valence-electron chi connectivity index (χ1n) is 12.5. The van der Waals surface area contributed by atoms with E-state index in [2.05, 4.69) is 20.9 Å². The van der Waals surface area contributed by atoms with E-state index in [1.807, 2.05) is 0 Å². The fraction of sp³-hybridized carbons (Fsp3) is 0.167. The summed E-state index contributed by atoms with van der Waals surface area (Å²) in [7, 11) is 0. The first kappa shape index (κ1) is 29.3. The number of carbonyl (C=O) groups is 1. The van der Waals surface area contributed by atoms with Crippen molar-refractivity contribution < 1.29 is 18.7 Å². The first-order chi connectivity index (χ1) is 19.7. The number of thiazole rings is 1. The summed E-state index contributed by atoms with van der Waals surface area (Å²) in [5.74, 6) is -0.590. The summed E-state index contributed by atoms with van der Waals surface area (Å²) < 4.78 is 28.3. The highest BCUT2D eigenvalue weighted by atomic mass is 79.9. The average Bonchev–Trinajstić information content (AvgIpc) is 3.23. The van der Waals surface area contributed by atoms with Crippen LogP contribution in [0.5, 0.6) is 5.75 Å². The fourth-order valence-corrected chi connectivity index (χ4v) is 6.24. The number of hydrogen-bond acceptors (Lipinski definition) is 6. The van der Waals surface area contributed by atoms with Crippen LogP contribution in [0.4, 0.5) is 4.39 Å². The van der Waals surface area contributed by atoms with Crippen molar-refractivity contribution in [3.05, 3.63) is 129 Å². The van der Waals surface area contributed by atoms with Crippen LogP contribution in [0.1, 0.15) is 36.6 Å². The maximum Gasteiger partial charge on any atom is 0.338 e. The van der Waals surface area contributed by atoms with E-state index in [0.29, 0.717) is 36.9 Å². The van der Waals surface area contributed by atoms with E-state index in [4.69, 9.17) is 32.7 Å². The molecule has 0 N–H and O–H groups in total. The Labute approximate surface area is 257 Å². The second kappa shape index (κ2) is 12.3. The predicted octanol–water partition coefficient (Wildman–Crippen LogP) is 6.59. The molecule has 0 bridgehead atoms. The molecular weight excluding hydrogens is 654 g/mol. The van der Waals surface area contributed by atoms with Gasteiger partial charge in [0.05, 0.1) is 33.5 Å². The third-order valence-corrected chi connectivity index (χ3v) is 8.48. The van der Waals surface area contributed by atoms with Gasteiger partial charge in [-0.05, 0) is 68.0 Å². The number of fused-ring (bicyclic) bond motifs is 1. The summed E-state index contributed by atoms with van der Waals surface area (Å²) >= 11 is 17.0. The Morgan fingerprint density at radius 2 is 1.93 bits per heavy atom. The Bertz CT molecular complexity index is 1850. The molecule has 0 aliphatic carbocycles. The highest BCUT2D eigenvalue weighted by molar-refractivity contribution is 9.10. The number of esters is 1. The zero-order valence-electron chi connectivity index (χ0n) is 21.8. The lowest BCUT2D eigenvalue weighted by atomic mass is 9.96. The number of rotatable bonds is 7. The van der Waals surface area contributed by atoms with Crippen LogP contribution >= 0.6 is 50.5 Å². The van der Waals surface area contributed by atoms with Gasteiger partial charge in [0.1, 0.15) is 18.2 Å². The Morgan fingerprint density at radius 3 is 2.63 bits per heavy atom. The zero-order valence-corrected chi connectivity index (χ0v) is 25.7. The molecular formula is C30H22BrCl2FN2O4S. The van der Waals surface area contributed by atoms with Crippen molar-refractivity contribution in [2.45, 2.75) is 26.5 Å². The molecule has 210 valence electrons. The third kappa shape index (κ3) is 6.04. The quantitative estimate of drug-likeness (QED) is 0.208. The van der Waals surface area contributed by atoms with Gasteiger partial charge >= 0.3 is 5.97 Å². The van der Waals surface area contributed by atoms with Crippen molar-refractivity contribution in [2.75, 3.05) is 6.61 Å². The number of nitrogens with zero attached hydrogens (tertiary/aromatic N) is 2. The fourth-order valence-electron chi connectivity index (χ4n) is 4.48. The van der Waals surface area contributed by atoms with Crippen LogP contribution in [-0.2, 0) is 16.1 Å². The van der Waals surface area contributed by atoms with Crippen molar-refractivity contribution in [2.24, 2.45) is 4.99 Å². The zero-order chi connectivity index (χ0) is 29.3. The minimum atomic E-state index is -0.758. The van der Waals surface area contributed by atoms with Crippen molar-refractivity contribution in [3.63, 3.8) is 0 Å². The van der Waals surface area contributed by atoms with Gasteiger partial charge < -0.3 is 9.47 Å². The van der Waals surface area contributed by atoms with E-state index in [0.717, 1.165) is 4.47 Å². The van der Waals surface area contributed by atoms with Gasteiger partial charge in [0.25, 0.3) is 5.56 Å². The molecule has 1 aromatic heterocycles. The molecule has 5 rings (SSSR count). The molecule has 0 spiro atoms. The number of hydrogen-bond donors (Lipinski definition) is 0. The smallest absolute Gasteiger partial charge is 0.338 e. The van der Waals surface area contributed by atoms with E-state index in [9.17, 15) is 14.0 Å². The van der Waals surface area contributed by atoms with Gasteiger partial charge in [-0.3, -0.25) is 9.36 Å². The van der Waals surface area contributed by atoms with Crippen molar-refractivity contribution >= 4 is 62.5 Å². The van der Waals surface area contributed by atoms with E-state index in [1.54, 1.807) is 68.5 Å². The molecule has 0 fully saturated rings. The lowest BCUT2D eigenvalue weighted by Gasteiger charge is -2.24. The number of ether oxygens (including phenoxy) is 2. The van der Waals surface area contributed by atoms with Gasteiger partial charge in [-0.25, -0.2) is 14.2 Å². The summed E-state index contributed by atoms with van der Waals surface area (Å²) in [6.07, 6.45) is 1.69. The summed E-state index contributed by atoms with van der Waals surface area (Å²) in [4.78, 5) is 32.0. The first-order valence-corrected chi connectivity index (χ1v) is 14.8. The van der Waals surface area contributed by atoms with Crippen LogP contribution in [0.15, 0.2) is 86.2 Å². The molecule has 1 aliphatic heterocycles. The Morgan fingerprint density at radius 1 is 1.17 bits per heavy atom. The van der Waals surface area contributed by atoms with Gasteiger partial charge in [-0.2, -0.15) is 0 Å². The molecule has 41 heavy (non-hydrogen) atoms. The minimum absolute atomic E-state index is 0.103. The molecule has 0 radical (unpaired) electrons. The molecule has 2 heterocycles. The Hall–Kier alpha value is -3.24.